The second-order valence-electron chi connectivity index (χ2n) is 6.78. The summed E-state index contributed by atoms with van der Waals surface area (Å²) in [6.07, 6.45) is 5.67. The van der Waals surface area contributed by atoms with Crippen LogP contribution in [0.15, 0.2) is 48.8 Å². The molecule has 2 heterocycles. The van der Waals surface area contributed by atoms with Gasteiger partial charge in [-0.25, -0.2) is 0 Å². The predicted octanol–water partition coefficient (Wildman–Crippen LogP) is 2.95. The van der Waals surface area contributed by atoms with E-state index in [9.17, 15) is 5.11 Å². The van der Waals surface area contributed by atoms with Gasteiger partial charge in [0, 0.05) is 32.0 Å². The second-order valence-corrected chi connectivity index (χ2v) is 6.78. The summed E-state index contributed by atoms with van der Waals surface area (Å²) >= 11 is 0. The third kappa shape index (κ3) is 2.79. The monoisotopic (exact) mass is 294 g/mol. The number of hydrogen-bond acceptors (Lipinski definition) is 3. The van der Waals surface area contributed by atoms with Crippen molar-refractivity contribution in [3.63, 3.8) is 0 Å². The first-order valence-corrected chi connectivity index (χ1v) is 8.18. The van der Waals surface area contributed by atoms with E-state index < -0.39 is 0 Å². The minimum Gasteiger partial charge on any atom is -0.393 e. The zero-order valence-corrected chi connectivity index (χ0v) is 12.7. The zero-order chi connectivity index (χ0) is 14.9. The van der Waals surface area contributed by atoms with Crippen LogP contribution in [0, 0.1) is 11.8 Å². The summed E-state index contributed by atoms with van der Waals surface area (Å²) in [7, 11) is 0. The minimum absolute atomic E-state index is 0.0454. The van der Waals surface area contributed by atoms with Crippen LogP contribution in [0.1, 0.15) is 18.4 Å². The molecule has 2 aliphatic rings. The quantitative estimate of drug-likeness (QED) is 0.945. The molecule has 0 radical (unpaired) electrons. The molecule has 1 saturated heterocycles. The third-order valence-corrected chi connectivity index (χ3v) is 5.16. The van der Waals surface area contributed by atoms with Crippen LogP contribution in [0.2, 0.25) is 0 Å². The van der Waals surface area contributed by atoms with Crippen molar-refractivity contribution in [3.05, 3.63) is 54.4 Å². The Kier molecular flexibility index (Phi) is 3.68. The van der Waals surface area contributed by atoms with E-state index in [1.807, 2.05) is 12.3 Å². The van der Waals surface area contributed by atoms with E-state index in [0.29, 0.717) is 11.8 Å². The van der Waals surface area contributed by atoms with E-state index in [0.717, 1.165) is 32.5 Å². The fraction of sp³-hybridized carbons (Fsp3) is 0.421. The van der Waals surface area contributed by atoms with Crippen LogP contribution in [0.5, 0.6) is 0 Å². The lowest BCUT2D eigenvalue weighted by atomic mass is 10.0. The second kappa shape index (κ2) is 5.82. The molecule has 3 atom stereocenters. The number of pyridine rings is 1. The molecule has 114 valence electrons. The lowest BCUT2D eigenvalue weighted by Gasteiger charge is -2.17. The summed E-state index contributed by atoms with van der Waals surface area (Å²) < 4.78 is 0. The van der Waals surface area contributed by atoms with Crippen LogP contribution in [0.4, 0.5) is 0 Å². The van der Waals surface area contributed by atoms with Gasteiger partial charge in [-0.3, -0.25) is 9.88 Å². The highest BCUT2D eigenvalue weighted by molar-refractivity contribution is 5.62. The molecular weight excluding hydrogens is 272 g/mol. The van der Waals surface area contributed by atoms with Gasteiger partial charge in [0.1, 0.15) is 0 Å². The van der Waals surface area contributed by atoms with Gasteiger partial charge in [0.05, 0.1) is 6.10 Å². The average Bonchev–Trinajstić information content (AvgIpc) is 3.05. The third-order valence-electron chi connectivity index (χ3n) is 5.16. The molecule has 0 amide bonds. The van der Waals surface area contributed by atoms with E-state index >= 15 is 0 Å². The maximum absolute atomic E-state index is 9.73. The van der Waals surface area contributed by atoms with Crippen molar-refractivity contribution in [1.82, 2.24) is 9.88 Å². The van der Waals surface area contributed by atoms with Crippen molar-refractivity contribution >= 4 is 0 Å². The Morgan fingerprint density at radius 3 is 2.36 bits per heavy atom. The lowest BCUT2D eigenvalue weighted by molar-refractivity contribution is 0.161. The van der Waals surface area contributed by atoms with Gasteiger partial charge in [0.2, 0.25) is 0 Å². The Labute approximate surface area is 131 Å². The highest BCUT2D eigenvalue weighted by Crippen LogP contribution is 2.38. The van der Waals surface area contributed by atoms with E-state index in [4.69, 9.17) is 0 Å². The molecule has 4 rings (SSSR count). The maximum atomic E-state index is 9.73. The molecular formula is C19H22N2O. The van der Waals surface area contributed by atoms with E-state index in [1.165, 1.54) is 16.7 Å². The molecule has 1 aromatic carbocycles. The summed E-state index contributed by atoms with van der Waals surface area (Å²) in [4.78, 5) is 6.72. The first-order chi connectivity index (χ1) is 10.8. The molecule has 3 heteroatoms. The van der Waals surface area contributed by atoms with Crippen LogP contribution >= 0.6 is 0 Å². The number of aliphatic hydroxyl groups excluding tert-OH is 1. The largest absolute Gasteiger partial charge is 0.393 e. The van der Waals surface area contributed by atoms with Gasteiger partial charge in [-0.05, 0) is 47.4 Å². The molecule has 22 heavy (non-hydrogen) atoms. The van der Waals surface area contributed by atoms with Gasteiger partial charge in [0.15, 0.2) is 0 Å². The van der Waals surface area contributed by atoms with Crippen LogP contribution in [-0.2, 0) is 6.54 Å². The van der Waals surface area contributed by atoms with Crippen LogP contribution in [0.25, 0.3) is 11.1 Å². The molecule has 3 nitrogen and oxygen atoms in total. The van der Waals surface area contributed by atoms with Crippen molar-refractivity contribution < 1.29 is 5.11 Å². The van der Waals surface area contributed by atoms with Gasteiger partial charge < -0.3 is 5.11 Å². The smallest absolute Gasteiger partial charge is 0.0546 e. The van der Waals surface area contributed by atoms with Crippen molar-refractivity contribution in [2.45, 2.75) is 25.5 Å². The summed E-state index contributed by atoms with van der Waals surface area (Å²) in [6.45, 7) is 3.31. The number of rotatable bonds is 3. The molecule has 1 N–H and O–H groups in total. The zero-order valence-electron chi connectivity index (χ0n) is 12.7. The lowest BCUT2D eigenvalue weighted by Crippen LogP contribution is -2.22. The number of aliphatic hydroxyl groups is 1. The highest BCUT2D eigenvalue weighted by Gasteiger charge is 2.39. The van der Waals surface area contributed by atoms with Gasteiger partial charge in [-0.15, -0.1) is 0 Å². The van der Waals surface area contributed by atoms with Crippen molar-refractivity contribution in [2.75, 3.05) is 13.1 Å². The first kappa shape index (κ1) is 13.9. The number of nitrogens with zero attached hydrogens (tertiary/aromatic N) is 2. The molecule has 1 aromatic heterocycles. The first-order valence-electron chi connectivity index (χ1n) is 8.18. The molecule has 1 aliphatic carbocycles. The molecule has 2 fully saturated rings. The Balaban J connectivity index is 1.40. The number of aromatic nitrogens is 1. The van der Waals surface area contributed by atoms with Crippen LogP contribution in [0.3, 0.4) is 0 Å². The summed E-state index contributed by atoms with van der Waals surface area (Å²) in [5, 5.41) is 9.73. The summed E-state index contributed by atoms with van der Waals surface area (Å²) in [5.41, 5.74) is 3.75. The molecule has 0 spiro atoms. The van der Waals surface area contributed by atoms with Gasteiger partial charge in [0.25, 0.3) is 0 Å². The molecule has 2 aromatic rings. The normalized spacial score (nSPS) is 28.0. The number of benzene rings is 1. The number of likely N-dealkylation sites (tertiary alicyclic amines) is 1. The standard InChI is InChI=1S/C19H22N2O/c22-19-8-17-12-21(13-18(17)9-19)11-14-3-5-15(6-4-14)16-2-1-7-20-10-16/h1-7,10,17-19,22H,8-9,11-13H2/t17-,18+,19?. The van der Waals surface area contributed by atoms with E-state index in [-0.39, 0.29) is 6.10 Å². The fourth-order valence-electron chi connectivity index (χ4n) is 4.09. The Morgan fingerprint density at radius 2 is 1.73 bits per heavy atom. The summed E-state index contributed by atoms with van der Waals surface area (Å²) in [5.74, 6) is 1.43. The van der Waals surface area contributed by atoms with Gasteiger partial charge in [-0.2, -0.15) is 0 Å². The molecule has 1 saturated carbocycles. The van der Waals surface area contributed by atoms with Crippen LogP contribution in [-0.4, -0.2) is 34.2 Å². The SMILES string of the molecule is OC1C[C@@H]2CN(Cc3ccc(-c4cccnc4)cc3)C[C@@H]2C1. The summed E-state index contributed by atoms with van der Waals surface area (Å²) in [6, 6.07) is 12.9. The Morgan fingerprint density at radius 1 is 1.00 bits per heavy atom. The fourth-order valence-corrected chi connectivity index (χ4v) is 4.09. The number of hydrogen-bond donors (Lipinski definition) is 1. The molecule has 1 unspecified atom stereocenters. The van der Waals surface area contributed by atoms with Crippen LogP contribution < -0.4 is 0 Å². The molecule has 0 bridgehead atoms. The highest BCUT2D eigenvalue weighted by atomic mass is 16.3. The topological polar surface area (TPSA) is 36.4 Å². The van der Waals surface area contributed by atoms with E-state index in [2.05, 4.69) is 40.2 Å². The predicted molar refractivity (Wildman–Crippen MR) is 87.2 cm³/mol. The van der Waals surface area contributed by atoms with Crippen molar-refractivity contribution in [2.24, 2.45) is 11.8 Å². The minimum atomic E-state index is -0.0454. The maximum Gasteiger partial charge on any atom is 0.0546 e. The van der Waals surface area contributed by atoms with E-state index in [1.54, 1.807) is 6.20 Å². The van der Waals surface area contributed by atoms with Crippen molar-refractivity contribution in [1.29, 1.82) is 0 Å². The van der Waals surface area contributed by atoms with Gasteiger partial charge in [-0.1, -0.05) is 30.3 Å². The Hall–Kier alpha value is -1.71. The molecule has 1 aliphatic heterocycles. The Bertz CT molecular complexity index is 612. The number of fused-ring (bicyclic) bond motifs is 1. The van der Waals surface area contributed by atoms with Crippen molar-refractivity contribution in [3.8, 4) is 11.1 Å². The average molecular weight is 294 g/mol. The van der Waals surface area contributed by atoms with Gasteiger partial charge >= 0.3 is 0 Å².